The molecule has 0 spiro atoms. The van der Waals surface area contributed by atoms with Gasteiger partial charge in [-0.15, -0.1) is 0 Å². The van der Waals surface area contributed by atoms with Gasteiger partial charge < -0.3 is 15.0 Å². The maximum absolute atomic E-state index is 12.7. The zero-order valence-corrected chi connectivity index (χ0v) is 16.8. The molecule has 2 aromatic carbocycles. The van der Waals surface area contributed by atoms with Crippen LogP contribution < -0.4 is 14.9 Å². The summed E-state index contributed by atoms with van der Waals surface area (Å²) in [5.41, 5.74) is 0.543. The van der Waals surface area contributed by atoms with Crippen molar-refractivity contribution in [2.45, 2.75) is 31.3 Å². The van der Waals surface area contributed by atoms with E-state index >= 15 is 0 Å². The monoisotopic (exact) mass is 377 g/mol. The van der Waals surface area contributed by atoms with E-state index in [2.05, 4.69) is 10.0 Å². The first-order valence-electron chi connectivity index (χ1n) is 8.50. The van der Waals surface area contributed by atoms with Gasteiger partial charge in [-0.1, -0.05) is 24.3 Å². The molecule has 0 aliphatic rings. The van der Waals surface area contributed by atoms with Crippen LogP contribution in [-0.2, 0) is 15.7 Å². The normalized spacial score (nSPS) is 12.7. The summed E-state index contributed by atoms with van der Waals surface area (Å²) in [7, 11) is 2.60. The molecule has 0 heterocycles. The molecule has 0 fully saturated rings. The van der Waals surface area contributed by atoms with Crippen molar-refractivity contribution in [3.63, 3.8) is 0 Å². The lowest BCUT2D eigenvalue weighted by molar-refractivity contribution is 0.0529. The fraction of sp³-hybridized carbons (Fsp3) is 0.421. The second kappa shape index (κ2) is 8.51. The molecule has 6 nitrogen and oxygen atoms in total. The minimum Gasteiger partial charge on any atom is -0.444 e. The highest BCUT2D eigenvalue weighted by molar-refractivity contribution is 7.83. The van der Waals surface area contributed by atoms with Crippen LogP contribution in [0.25, 0.3) is 10.8 Å². The molecule has 2 rings (SSSR count). The van der Waals surface area contributed by atoms with Gasteiger partial charge in [0.15, 0.2) is 0 Å². The number of fused-ring (bicyclic) bond motifs is 1. The van der Waals surface area contributed by atoms with Crippen LogP contribution >= 0.6 is 0 Å². The van der Waals surface area contributed by atoms with Gasteiger partial charge in [0.25, 0.3) is 0 Å². The predicted octanol–water partition coefficient (Wildman–Crippen LogP) is 3.04. The van der Waals surface area contributed by atoms with E-state index in [4.69, 9.17) is 4.74 Å². The van der Waals surface area contributed by atoms with Gasteiger partial charge in [0, 0.05) is 43.6 Å². The summed E-state index contributed by atoms with van der Waals surface area (Å²) >= 11 is 0. The Bertz CT molecular complexity index is 800. The molecular weight excluding hydrogens is 350 g/mol. The number of nitrogens with one attached hydrogen (secondary N) is 2. The van der Waals surface area contributed by atoms with Crippen molar-refractivity contribution in [3.05, 3.63) is 36.4 Å². The number of alkyl carbamates (subject to hydrolysis) is 1. The van der Waals surface area contributed by atoms with E-state index in [1.807, 2.05) is 76.2 Å². The number of anilines is 1. The van der Waals surface area contributed by atoms with Crippen molar-refractivity contribution < 1.29 is 13.7 Å². The summed E-state index contributed by atoms with van der Waals surface area (Å²) in [5, 5.41) is 4.64. The van der Waals surface area contributed by atoms with Crippen molar-refractivity contribution in [1.82, 2.24) is 10.0 Å². The first kappa shape index (κ1) is 20.2. The summed E-state index contributed by atoms with van der Waals surface area (Å²) < 4.78 is 20.8. The zero-order chi connectivity index (χ0) is 19.3. The van der Waals surface area contributed by atoms with Crippen LogP contribution in [0.5, 0.6) is 0 Å². The van der Waals surface area contributed by atoms with Gasteiger partial charge in [0.05, 0.1) is 4.90 Å². The van der Waals surface area contributed by atoms with E-state index in [1.165, 1.54) is 0 Å². The predicted molar refractivity (Wildman–Crippen MR) is 107 cm³/mol. The quantitative estimate of drug-likeness (QED) is 0.759. The van der Waals surface area contributed by atoms with Crippen molar-refractivity contribution in [1.29, 1.82) is 0 Å². The number of rotatable bonds is 6. The van der Waals surface area contributed by atoms with Gasteiger partial charge in [0.1, 0.15) is 16.6 Å². The van der Waals surface area contributed by atoms with Crippen LogP contribution in [0.3, 0.4) is 0 Å². The van der Waals surface area contributed by atoms with Crippen molar-refractivity contribution in [2.24, 2.45) is 0 Å². The number of hydrogen-bond donors (Lipinski definition) is 2. The molecule has 0 saturated heterocycles. The lowest BCUT2D eigenvalue weighted by Gasteiger charge is -2.19. The van der Waals surface area contributed by atoms with Gasteiger partial charge in [-0.3, -0.25) is 0 Å². The van der Waals surface area contributed by atoms with E-state index < -0.39 is 22.7 Å². The number of benzene rings is 2. The first-order chi connectivity index (χ1) is 12.2. The van der Waals surface area contributed by atoms with Crippen LogP contribution in [0.1, 0.15) is 20.8 Å². The summed E-state index contributed by atoms with van der Waals surface area (Å²) in [4.78, 5) is 14.4. The number of nitrogens with zero attached hydrogens (tertiary/aromatic N) is 1. The minimum absolute atomic E-state index is 0.328. The summed E-state index contributed by atoms with van der Waals surface area (Å²) in [6, 6.07) is 11.7. The van der Waals surface area contributed by atoms with Crippen LogP contribution in [0.15, 0.2) is 41.3 Å². The van der Waals surface area contributed by atoms with Crippen LogP contribution in [0, 0.1) is 0 Å². The van der Waals surface area contributed by atoms with Gasteiger partial charge >= 0.3 is 6.09 Å². The fourth-order valence-electron chi connectivity index (χ4n) is 2.52. The molecule has 26 heavy (non-hydrogen) atoms. The molecule has 2 N–H and O–H groups in total. The molecule has 7 heteroatoms. The standard InChI is InChI=1S/C19H27N3O3S/c1-19(2,3)25-18(23)20-12-13-21-26(24)17-11-7-8-14-15(17)9-6-10-16(14)22(4)5/h6-11,21H,12-13H2,1-5H3,(H,20,23). The summed E-state index contributed by atoms with van der Waals surface area (Å²) in [6.45, 7) is 6.12. The van der Waals surface area contributed by atoms with E-state index in [9.17, 15) is 9.00 Å². The van der Waals surface area contributed by atoms with Crippen molar-refractivity contribution in [3.8, 4) is 0 Å². The Hall–Kier alpha value is -2.12. The molecule has 0 radical (unpaired) electrons. The lowest BCUT2D eigenvalue weighted by atomic mass is 10.1. The highest BCUT2D eigenvalue weighted by atomic mass is 32.2. The van der Waals surface area contributed by atoms with Crippen LogP contribution in [0.4, 0.5) is 10.5 Å². The first-order valence-corrected chi connectivity index (χ1v) is 9.65. The molecule has 1 atom stereocenters. The Morgan fingerprint density at radius 3 is 2.38 bits per heavy atom. The number of hydrogen-bond acceptors (Lipinski definition) is 4. The maximum Gasteiger partial charge on any atom is 0.407 e. The van der Waals surface area contributed by atoms with Gasteiger partial charge in [-0.05, 0) is 32.9 Å². The molecule has 142 valence electrons. The largest absolute Gasteiger partial charge is 0.444 e. The maximum atomic E-state index is 12.7. The third-order valence-corrected chi connectivity index (χ3v) is 4.79. The molecule has 0 aliphatic heterocycles. The second-order valence-corrected chi connectivity index (χ2v) is 8.38. The number of carbonyl (C=O) groups excluding carboxylic acids is 1. The number of ether oxygens (including phenoxy) is 1. The molecule has 0 aromatic heterocycles. The van der Waals surface area contributed by atoms with E-state index in [0.717, 1.165) is 21.4 Å². The SMILES string of the molecule is CN(C)c1cccc2c(S(=O)NCCNC(=O)OC(C)(C)C)cccc12. The van der Waals surface area contributed by atoms with Gasteiger partial charge in [-0.25, -0.2) is 13.7 Å². The topological polar surface area (TPSA) is 70.7 Å². The molecule has 0 saturated carbocycles. The molecular formula is C19H27N3O3S. The summed E-state index contributed by atoms with van der Waals surface area (Å²) in [5.74, 6) is 0. The Morgan fingerprint density at radius 2 is 1.73 bits per heavy atom. The Balaban J connectivity index is 2.00. The molecule has 0 bridgehead atoms. The van der Waals surface area contributed by atoms with Crippen molar-refractivity contribution >= 4 is 33.5 Å². The zero-order valence-electron chi connectivity index (χ0n) is 16.0. The fourth-order valence-corrected chi connectivity index (χ4v) is 3.54. The number of carbonyl (C=O) groups is 1. The second-order valence-electron chi connectivity index (χ2n) is 7.11. The Labute approximate surface area is 157 Å². The van der Waals surface area contributed by atoms with Gasteiger partial charge in [-0.2, -0.15) is 0 Å². The minimum atomic E-state index is -1.37. The highest BCUT2D eigenvalue weighted by Gasteiger charge is 2.16. The smallest absolute Gasteiger partial charge is 0.407 e. The van der Waals surface area contributed by atoms with Crippen LogP contribution in [-0.4, -0.2) is 43.1 Å². The van der Waals surface area contributed by atoms with E-state index in [1.54, 1.807) is 0 Å². The van der Waals surface area contributed by atoms with E-state index in [-0.39, 0.29) is 0 Å². The van der Waals surface area contributed by atoms with Gasteiger partial charge in [0.2, 0.25) is 0 Å². The lowest BCUT2D eigenvalue weighted by Crippen LogP contribution is -2.36. The molecule has 1 unspecified atom stereocenters. The summed E-state index contributed by atoms with van der Waals surface area (Å²) in [6.07, 6.45) is -0.481. The molecule has 0 aliphatic carbocycles. The Morgan fingerprint density at radius 1 is 1.08 bits per heavy atom. The third-order valence-electron chi connectivity index (χ3n) is 3.57. The van der Waals surface area contributed by atoms with E-state index in [0.29, 0.717) is 13.1 Å². The Kier molecular flexibility index (Phi) is 6.61. The highest BCUT2D eigenvalue weighted by Crippen LogP contribution is 2.29. The molecule has 1 amide bonds. The van der Waals surface area contributed by atoms with Crippen molar-refractivity contribution in [2.75, 3.05) is 32.1 Å². The average Bonchev–Trinajstić information content (AvgIpc) is 2.55. The molecule has 2 aromatic rings. The average molecular weight is 378 g/mol. The third kappa shape index (κ3) is 5.44. The number of amides is 1. The van der Waals surface area contributed by atoms with Crippen LogP contribution in [0.2, 0.25) is 0 Å².